The molecular formula is C19H35FN4O4Si. The molecule has 0 aliphatic carbocycles. The molecule has 0 aromatic rings. The van der Waals surface area contributed by atoms with Crippen LogP contribution in [0.15, 0.2) is 10.1 Å². The Hall–Kier alpha value is -1.64. The molecule has 8 nitrogen and oxygen atoms in total. The molecule has 0 amide bonds. The summed E-state index contributed by atoms with van der Waals surface area (Å²) in [5, 5.41) is 3.52. The van der Waals surface area contributed by atoms with E-state index in [0.717, 1.165) is 0 Å². The summed E-state index contributed by atoms with van der Waals surface area (Å²) in [5.74, 6) is -0.269. The van der Waals surface area contributed by atoms with Gasteiger partial charge in [-0.05, 0) is 50.9 Å². The minimum absolute atomic E-state index is 0.0345. The van der Waals surface area contributed by atoms with Crippen molar-refractivity contribution in [2.45, 2.75) is 103 Å². The highest BCUT2D eigenvalue weighted by atomic mass is 28.4. The first-order chi connectivity index (χ1) is 13.1. The van der Waals surface area contributed by atoms with Crippen molar-refractivity contribution in [3.05, 3.63) is 10.4 Å². The highest BCUT2D eigenvalue weighted by Gasteiger charge is 2.45. The van der Waals surface area contributed by atoms with Crippen LogP contribution in [0.1, 0.15) is 54.9 Å². The number of aliphatic imine (C=N–C) groups is 1. The number of halogens is 1. The molecule has 1 aliphatic rings. The van der Waals surface area contributed by atoms with Crippen molar-refractivity contribution < 1.29 is 23.1 Å². The number of carbonyl (C=O) groups excluding carboxylic acids is 1. The van der Waals surface area contributed by atoms with Gasteiger partial charge in [0.1, 0.15) is 24.4 Å². The molecular weight excluding hydrogens is 395 g/mol. The zero-order valence-corrected chi connectivity index (χ0v) is 20.0. The predicted octanol–water partition coefficient (Wildman–Crippen LogP) is 4.94. The average molecular weight is 431 g/mol. The van der Waals surface area contributed by atoms with Crippen molar-refractivity contribution in [2.75, 3.05) is 6.67 Å². The van der Waals surface area contributed by atoms with Crippen LogP contribution in [-0.2, 0) is 18.7 Å². The Labute approximate surface area is 174 Å². The minimum Gasteiger partial charge on any atom is -0.473 e. The van der Waals surface area contributed by atoms with Crippen molar-refractivity contribution in [3.63, 3.8) is 0 Å². The molecule has 0 aromatic carbocycles. The summed E-state index contributed by atoms with van der Waals surface area (Å²) in [6.07, 6.45) is -1.42. The van der Waals surface area contributed by atoms with Crippen molar-refractivity contribution in [2.24, 2.45) is 10.1 Å². The molecule has 4 atom stereocenters. The lowest BCUT2D eigenvalue weighted by atomic mass is 9.99. The molecule has 1 aliphatic heterocycles. The van der Waals surface area contributed by atoms with Gasteiger partial charge in [-0.15, -0.1) is 0 Å². The first-order valence-corrected chi connectivity index (χ1v) is 12.7. The van der Waals surface area contributed by atoms with E-state index in [0.29, 0.717) is 5.90 Å². The first kappa shape index (κ1) is 25.4. The lowest BCUT2D eigenvalue weighted by Crippen LogP contribution is -2.50. The van der Waals surface area contributed by atoms with E-state index in [1.54, 1.807) is 27.7 Å². The number of esters is 1. The second kappa shape index (κ2) is 9.45. The average Bonchev–Trinajstić information content (AvgIpc) is 2.91. The predicted molar refractivity (Wildman–Crippen MR) is 113 cm³/mol. The summed E-state index contributed by atoms with van der Waals surface area (Å²) in [6, 6.07) is -1.74. The van der Waals surface area contributed by atoms with E-state index in [2.05, 4.69) is 48.9 Å². The SMILES string of the molecule is CC1=N[C@H]([C@H](C[C@H](N=[N+]=[N-])C(=O)OC(C)(C)C)O[Si](C)(C)C(C)(C)C)[C@@H](CF)O1. The zero-order chi connectivity index (χ0) is 22.6. The standard InChI is InChI=1S/C19H35FN4O4Si/c1-12-22-16(15(11-20)26-12)14(28-29(8,9)19(5,6)7)10-13(23-24-21)17(25)27-18(2,3)4/h13-16H,10-11H2,1-9H3/t13-,14-,15+,16+/m0/s1. The van der Waals surface area contributed by atoms with E-state index < -0.39 is 50.9 Å². The van der Waals surface area contributed by atoms with Gasteiger partial charge in [0.05, 0.1) is 6.10 Å². The van der Waals surface area contributed by atoms with Crippen molar-refractivity contribution in [1.82, 2.24) is 0 Å². The lowest BCUT2D eigenvalue weighted by molar-refractivity contribution is -0.157. The van der Waals surface area contributed by atoms with E-state index in [9.17, 15) is 9.18 Å². The monoisotopic (exact) mass is 430 g/mol. The number of ether oxygens (including phenoxy) is 2. The van der Waals surface area contributed by atoms with E-state index in [1.807, 2.05) is 0 Å². The zero-order valence-electron chi connectivity index (χ0n) is 19.0. The number of rotatable bonds is 8. The van der Waals surface area contributed by atoms with Gasteiger partial charge in [0.25, 0.3) is 0 Å². The lowest BCUT2D eigenvalue weighted by Gasteiger charge is -2.41. The normalized spacial score (nSPS) is 22.2. The molecule has 1 rings (SSSR count). The van der Waals surface area contributed by atoms with Gasteiger partial charge in [-0.1, -0.05) is 25.9 Å². The Morgan fingerprint density at radius 2 is 1.93 bits per heavy atom. The maximum atomic E-state index is 13.6. The van der Waals surface area contributed by atoms with E-state index in [1.165, 1.54) is 0 Å². The van der Waals surface area contributed by atoms with Gasteiger partial charge in [0.2, 0.25) is 0 Å². The molecule has 10 heteroatoms. The fourth-order valence-corrected chi connectivity index (χ4v) is 4.06. The maximum Gasteiger partial charge on any atom is 0.315 e. The van der Waals surface area contributed by atoms with Crippen molar-refractivity contribution >= 4 is 20.2 Å². The largest absolute Gasteiger partial charge is 0.473 e. The molecule has 1 heterocycles. The molecule has 0 fully saturated rings. The van der Waals surface area contributed by atoms with Crippen LogP contribution in [-0.4, -0.2) is 56.8 Å². The third-order valence-electron chi connectivity index (χ3n) is 5.14. The third kappa shape index (κ3) is 7.28. The molecule has 0 spiro atoms. The van der Waals surface area contributed by atoms with Crippen molar-refractivity contribution in [1.29, 1.82) is 0 Å². The maximum absolute atomic E-state index is 13.6. The molecule has 29 heavy (non-hydrogen) atoms. The fourth-order valence-electron chi connectivity index (χ4n) is 2.71. The summed E-state index contributed by atoms with van der Waals surface area (Å²) >= 11 is 0. The second-order valence-corrected chi connectivity index (χ2v) is 14.6. The number of hydrogen-bond acceptors (Lipinski definition) is 6. The van der Waals surface area contributed by atoms with Gasteiger partial charge < -0.3 is 13.9 Å². The highest BCUT2D eigenvalue weighted by Crippen LogP contribution is 2.39. The quantitative estimate of drug-likeness (QED) is 0.179. The van der Waals surface area contributed by atoms with Crippen LogP contribution in [0.4, 0.5) is 4.39 Å². The smallest absolute Gasteiger partial charge is 0.315 e. The van der Waals surface area contributed by atoms with E-state index in [-0.39, 0.29) is 11.5 Å². The van der Waals surface area contributed by atoms with Gasteiger partial charge >= 0.3 is 5.97 Å². The molecule has 0 bridgehead atoms. The molecule has 0 unspecified atom stereocenters. The highest BCUT2D eigenvalue weighted by molar-refractivity contribution is 6.74. The molecule has 166 valence electrons. The molecule has 0 aromatic heterocycles. The Balaban J connectivity index is 3.24. The number of hydrogen-bond donors (Lipinski definition) is 0. The van der Waals surface area contributed by atoms with Crippen LogP contribution in [0.25, 0.3) is 10.4 Å². The Morgan fingerprint density at radius 1 is 1.34 bits per heavy atom. The van der Waals surface area contributed by atoms with Crippen LogP contribution in [0.5, 0.6) is 0 Å². The molecule has 0 N–H and O–H groups in total. The number of alkyl halides is 1. The molecule has 0 saturated heterocycles. The first-order valence-electron chi connectivity index (χ1n) is 9.83. The molecule has 0 saturated carbocycles. The summed E-state index contributed by atoms with van der Waals surface area (Å²) in [5.41, 5.74) is 8.24. The second-order valence-electron chi connectivity index (χ2n) is 9.86. The topological polar surface area (TPSA) is 106 Å². The van der Waals surface area contributed by atoms with E-state index in [4.69, 9.17) is 19.4 Å². The van der Waals surface area contributed by atoms with Crippen LogP contribution in [0.2, 0.25) is 18.1 Å². The van der Waals surface area contributed by atoms with Crippen LogP contribution in [0, 0.1) is 0 Å². The minimum atomic E-state index is -2.31. The van der Waals surface area contributed by atoms with Crippen LogP contribution < -0.4 is 0 Å². The van der Waals surface area contributed by atoms with Crippen molar-refractivity contribution in [3.8, 4) is 0 Å². The van der Waals surface area contributed by atoms with Gasteiger partial charge in [-0.3, -0.25) is 4.79 Å². The number of nitrogens with zero attached hydrogens (tertiary/aromatic N) is 4. The van der Waals surface area contributed by atoms with Gasteiger partial charge in [0, 0.05) is 11.8 Å². The Bertz CT molecular complexity index is 666. The Kier molecular flexibility index (Phi) is 8.27. The summed E-state index contributed by atoms with van der Waals surface area (Å²) in [4.78, 5) is 19.8. The third-order valence-corrected chi connectivity index (χ3v) is 9.65. The number of azide groups is 1. The Morgan fingerprint density at radius 3 is 2.38 bits per heavy atom. The fraction of sp³-hybridized carbons (Fsp3) is 0.895. The van der Waals surface area contributed by atoms with Crippen LogP contribution >= 0.6 is 0 Å². The van der Waals surface area contributed by atoms with Gasteiger partial charge in [-0.2, -0.15) is 0 Å². The van der Waals surface area contributed by atoms with Crippen LogP contribution in [0.3, 0.4) is 0 Å². The summed E-state index contributed by atoms with van der Waals surface area (Å²) < 4.78 is 31.0. The summed E-state index contributed by atoms with van der Waals surface area (Å²) in [6.45, 7) is 16.5. The number of carbonyl (C=O) groups is 1. The van der Waals surface area contributed by atoms with Gasteiger partial charge in [0.15, 0.2) is 20.3 Å². The molecule has 0 radical (unpaired) electrons. The van der Waals surface area contributed by atoms with E-state index >= 15 is 0 Å². The summed E-state index contributed by atoms with van der Waals surface area (Å²) in [7, 11) is -2.31. The van der Waals surface area contributed by atoms with Gasteiger partial charge in [-0.25, -0.2) is 9.38 Å².